The standard InChI is InChI=1S/C16H13ClN2OS/c1-11(12-5-3-2-4-6-12)16(20)19-13-7-8-15(21-10-18)14(17)9-13/h2-9,11H,1H3,(H,19,20)/t11-/m1/s1. The van der Waals surface area contributed by atoms with Crippen LogP contribution in [0.25, 0.3) is 0 Å². The average molecular weight is 317 g/mol. The van der Waals surface area contributed by atoms with E-state index in [1.165, 1.54) is 0 Å². The number of rotatable bonds is 4. The molecule has 1 N–H and O–H groups in total. The van der Waals surface area contributed by atoms with Crippen LogP contribution in [0.3, 0.4) is 0 Å². The molecule has 2 aromatic rings. The maximum atomic E-state index is 12.2. The number of carbonyl (C=O) groups excluding carboxylic acids is 1. The van der Waals surface area contributed by atoms with Crippen molar-refractivity contribution in [3.8, 4) is 5.40 Å². The second-order valence-electron chi connectivity index (χ2n) is 4.46. The van der Waals surface area contributed by atoms with E-state index < -0.39 is 0 Å². The van der Waals surface area contributed by atoms with Crippen LogP contribution in [0.4, 0.5) is 5.69 Å². The van der Waals surface area contributed by atoms with E-state index >= 15 is 0 Å². The smallest absolute Gasteiger partial charge is 0.231 e. The maximum absolute atomic E-state index is 12.2. The Morgan fingerprint density at radius 3 is 2.62 bits per heavy atom. The van der Waals surface area contributed by atoms with Gasteiger partial charge in [-0.3, -0.25) is 4.79 Å². The monoisotopic (exact) mass is 316 g/mol. The summed E-state index contributed by atoms with van der Waals surface area (Å²) in [5.74, 6) is -0.351. The molecule has 0 heterocycles. The first-order chi connectivity index (χ1) is 10.1. The second-order valence-corrected chi connectivity index (χ2v) is 5.69. The van der Waals surface area contributed by atoms with Gasteiger partial charge >= 0.3 is 0 Å². The van der Waals surface area contributed by atoms with Gasteiger partial charge in [0.05, 0.1) is 10.9 Å². The highest BCUT2D eigenvalue weighted by atomic mass is 35.5. The van der Waals surface area contributed by atoms with Crippen molar-refractivity contribution in [3.63, 3.8) is 0 Å². The average Bonchev–Trinajstić information content (AvgIpc) is 2.50. The molecule has 0 fully saturated rings. The SMILES string of the molecule is C[C@@H](C(=O)Nc1ccc(SC#N)c(Cl)c1)c1ccccc1. The third-order valence-electron chi connectivity index (χ3n) is 3.05. The van der Waals surface area contributed by atoms with E-state index in [1.54, 1.807) is 18.2 Å². The normalized spacial score (nSPS) is 11.5. The number of halogens is 1. The van der Waals surface area contributed by atoms with Crippen molar-refractivity contribution < 1.29 is 4.79 Å². The molecule has 1 atom stereocenters. The number of thioether (sulfide) groups is 1. The molecule has 0 saturated carbocycles. The van der Waals surface area contributed by atoms with Crippen LogP contribution in [-0.2, 0) is 4.79 Å². The summed E-state index contributed by atoms with van der Waals surface area (Å²) < 4.78 is 0. The van der Waals surface area contributed by atoms with E-state index in [4.69, 9.17) is 16.9 Å². The third kappa shape index (κ3) is 4.01. The molecule has 106 valence electrons. The Labute approximate surface area is 132 Å². The van der Waals surface area contributed by atoms with Crippen LogP contribution in [0, 0.1) is 10.7 Å². The second kappa shape index (κ2) is 7.16. The lowest BCUT2D eigenvalue weighted by molar-refractivity contribution is -0.117. The van der Waals surface area contributed by atoms with Gasteiger partial charge in [-0.15, -0.1) is 0 Å². The molecule has 0 spiro atoms. The number of nitrogens with one attached hydrogen (secondary N) is 1. The summed E-state index contributed by atoms with van der Waals surface area (Å²) in [5.41, 5.74) is 1.58. The van der Waals surface area contributed by atoms with Crippen molar-refractivity contribution in [2.45, 2.75) is 17.7 Å². The van der Waals surface area contributed by atoms with Crippen LogP contribution in [0.1, 0.15) is 18.4 Å². The van der Waals surface area contributed by atoms with Crippen molar-refractivity contribution in [1.82, 2.24) is 0 Å². The molecule has 2 aromatic carbocycles. The first-order valence-electron chi connectivity index (χ1n) is 6.33. The Kier molecular flexibility index (Phi) is 5.26. The van der Waals surface area contributed by atoms with E-state index in [0.717, 1.165) is 17.3 Å². The summed E-state index contributed by atoms with van der Waals surface area (Å²) in [6, 6.07) is 14.7. The van der Waals surface area contributed by atoms with Gasteiger partial charge in [0.1, 0.15) is 5.40 Å². The van der Waals surface area contributed by atoms with Crippen LogP contribution >= 0.6 is 23.4 Å². The predicted octanol–water partition coefficient (Wildman–Crippen LogP) is 4.66. The molecule has 1 amide bonds. The zero-order valence-corrected chi connectivity index (χ0v) is 12.9. The molecule has 0 bridgehead atoms. The number of benzene rings is 2. The van der Waals surface area contributed by atoms with Crippen molar-refractivity contribution in [3.05, 3.63) is 59.1 Å². The van der Waals surface area contributed by atoms with Crippen LogP contribution < -0.4 is 5.32 Å². The van der Waals surface area contributed by atoms with Gasteiger partial charge in [-0.2, -0.15) is 5.26 Å². The van der Waals surface area contributed by atoms with Gasteiger partial charge in [-0.1, -0.05) is 41.9 Å². The molecule has 3 nitrogen and oxygen atoms in total. The molecule has 2 rings (SSSR count). The quantitative estimate of drug-likeness (QED) is 0.659. The highest BCUT2D eigenvalue weighted by molar-refractivity contribution is 8.03. The van der Waals surface area contributed by atoms with E-state index in [9.17, 15) is 4.79 Å². The first kappa shape index (κ1) is 15.4. The van der Waals surface area contributed by atoms with Crippen molar-refractivity contribution in [2.75, 3.05) is 5.32 Å². The molecular weight excluding hydrogens is 304 g/mol. The van der Waals surface area contributed by atoms with Crippen LogP contribution in [0.2, 0.25) is 5.02 Å². The number of anilines is 1. The van der Waals surface area contributed by atoms with Crippen molar-refractivity contribution in [2.24, 2.45) is 0 Å². The Hall–Kier alpha value is -1.96. The summed E-state index contributed by atoms with van der Waals surface area (Å²) in [6.45, 7) is 1.85. The predicted molar refractivity (Wildman–Crippen MR) is 86.4 cm³/mol. The summed E-state index contributed by atoms with van der Waals surface area (Å²) in [4.78, 5) is 12.9. The summed E-state index contributed by atoms with van der Waals surface area (Å²) in [6.07, 6.45) is 0. The molecule has 21 heavy (non-hydrogen) atoms. The maximum Gasteiger partial charge on any atom is 0.231 e. The fraction of sp³-hybridized carbons (Fsp3) is 0.125. The molecular formula is C16H13ClN2OS. The van der Waals surface area contributed by atoms with Gasteiger partial charge in [0.2, 0.25) is 5.91 Å². The van der Waals surface area contributed by atoms with Gasteiger partial charge in [0.25, 0.3) is 0 Å². The Balaban J connectivity index is 2.10. The van der Waals surface area contributed by atoms with Gasteiger partial charge in [0, 0.05) is 10.6 Å². The number of nitriles is 1. The van der Waals surface area contributed by atoms with E-state index in [2.05, 4.69) is 5.32 Å². The van der Waals surface area contributed by atoms with Crippen LogP contribution in [0.5, 0.6) is 0 Å². The fourth-order valence-electron chi connectivity index (χ4n) is 1.85. The van der Waals surface area contributed by atoms with Gasteiger partial charge < -0.3 is 5.32 Å². The molecule has 0 aliphatic rings. The minimum absolute atomic E-state index is 0.0991. The molecule has 5 heteroatoms. The van der Waals surface area contributed by atoms with E-state index in [1.807, 2.05) is 42.7 Å². The fourth-order valence-corrected chi connectivity index (χ4v) is 2.54. The number of hydrogen-bond acceptors (Lipinski definition) is 3. The zero-order chi connectivity index (χ0) is 15.2. The van der Waals surface area contributed by atoms with E-state index in [0.29, 0.717) is 15.6 Å². The number of nitrogens with zero attached hydrogens (tertiary/aromatic N) is 1. The number of thiocyanates is 1. The number of carbonyl (C=O) groups is 1. The highest BCUT2D eigenvalue weighted by Crippen LogP contribution is 2.29. The zero-order valence-electron chi connectivity index (χ0n) is 11.3. The molecule has 0 unspecified atom stereocenters. The lowest BCUT2D eigenvalue weighted by Crippen LogP contribution is -2.18. The molecule has 0 aromatic heterocycles. The van der Waals surface area contributed by atoms with Crippen LogP contribution in [0.15, 0.2) is 53.4 Å². The lowest BCUT2D eigenvalue weighted by Gasteiger charge is -2.13. The lowest BCUT2D eigenvalue weighted by atomic mass is 10.0. The van der Waals surface area contributed by atoms with Gasteiger partial charge in [0.15, 0.2) is 0 Å². The van der Waals surface area contributed by atoms with Crippen molar-refractivity contribution >= 4 is 35.0 Å². The van der Waals surface area contributed by atoms with Crippen molar-refractivity contribution in [1.29, 1.82) is 5.26 Å². The Bertz CT molecular complexity index is 682. The summed E-state index contributed by atoms with van der Waals surface area (Å²) >= 11 is 7.06. The van der Waals surface area contributed by atoms with Crippen LogP contribution in [-0.4, -0.2) is 5.91 Å². The summed E-state index contributed by atoms with van der Waals surface area (Å²) in [7, 11) is 0. The molecule has 0 aliphatic carbocycles. The topological polar surface area (TPSA) is 52.9 Å². The largest absolute Gasteiger partial charge is 0.326 e. The number of hydrogen-bond donors (Lipinski definition) is 1. The van der Waals surface area contributed by atoms with Gasteiger partial charge in [-0.25, -0.2) is 0 Å². The molecule has 0 aliphatic heterocycles. The molecule has 0 radical (unpaired) electrons. The molecule has 0 saturated heterocycles. The highest BCUT2D eigenvalue weighted by Gasteiger charge is 2.15. The Morgan fingerprint density at radius 2 is 2.00 bits per heavy atom. The number of amides is 1. The minimum Gasteiger partial charge on any atom is -0.326 e. The van der Waals surface area contributed by atoms with Gasteiger partial charge in [-0.05, 0) is 42.4 Å². The minimum atomic E-state index is -0.252. The third-order valence-corrected chi connectivity index (χ3v) is 4.14. The summed E-state index contributed by atoms with van der Waals surface area (Å²) in [5, 5.41) is 13.9. The Morgan fingerprint density at radius 1 is 1.29 bits per heavy atom. The first-order valence-corrected chi connectivity index (χ1v) is 7.52. The van der Waals surface area contributed by atoms with E-state index in [-0.39, 0.29) is 11.8 Å².